The number of carbonyl (C=O) groups excluding carboxylic acids is 1. The second-order valence-electron chi connectivity index (χ2n) is 5.14. The Balaban J connectivity index is 1.98. The van der Waals surface area contributed by atoms with E-state index in [1.807, 2.05) is 6.92 Å². The number of hydrogen-bond donors (Lipinski definition) is 3. The first-order valence-corrected chi connectivity index (χ1v) is 6.41. The summed E-state index contributed by atoms with van der Waals surface area (Å²) >= 11 is 0. The van der Waals surface area contributed by atoms with E-state index in [4.69, 9.17) is 0 Å². The van der Waals surface area contributed by atoms with Gasteiger partial charge in [0.25, 0.3) is 0 Å². The maximum Gasteiger partial charge on any atom is 0.315 e. The fraction of sp³-hybridized carbons (Fsp3) is 0.833. The lowest BCUT2D eigenvalue weighted by Crippen LogP contribution is -2.42. The third-order valence-corrected chi connectivity index (χ3v) is 4.01. The molecule has 0 radical (unpaired) electrons. The van der Waals surface area contributed by atoms with Crippen molar-refractivity contribution in [3.05, 3.63) is 0 Å². The van der Waals surface area contributed by atoms with E-state index in [0.29, 0.717) is 0 Å². The normalized spacial score (nSPS) is 33.5. The molecule has 0 aromatic heterocycles. The first-order chi connectivity index (χ1) is 8.11. The van der Waals surface area contributed by atoms with Gasteiger partial charge in [0.15, 0.2) is 0 Å². The molecule has 0 spiro atoms. The zero-order valence-corrected chi connectivity index (χ0v) is 10.1. The highest BCUT2D eigenvalue weighted by Crippen LogP contribution is 2.34. The van der Waals surface area contributed by atoms with E-state index < -0.39 is 5.97 Å². The van der Waals surface area contributed by atoms with Crippen LogP contribution in [0.15, 0.2) is 0 Å². The zero-order valence-electron chi connectivity index (χ0n) is 10.1. The molecule has 0 aromatic rings. The van der Waals surface area contributed by atoms with E-state index in [2.05, 4.69) is 10.6 Å². The van der Waals surface area contributed by atoms with Crippen molar-refractivity contribution in [3.63, 3.8) is 0 Å². The van der Waals surface area contributed by atoms with Crippen LogP contribution in [0.5, 0.6) is 0 Å². The summed E-state index contributed by atoms with van der Waals surface area (Å²) in [5.41, 5.74) is 0. The van der Waals surface area contributed by atoms with Crippen LogP contribution in [0.4, 0.5) is 4.79 Å². The lowest BCUT2D eigenvalue weighted by atomic mass is 9.75. The highest BCUT2D eigenvalue weighted by atomic mass is 16.4. The third kappa shape index (κ3) is 2.53. The molecule has 0 aromatic carbocycles. The van der Waals surface area contributed by atoms with Crippen LogP contribution in [0.3, 0.4) is 0 Å². The van der Waals surface area contributed by atoms with Crippen LogP contribution in [0.1, 0.15) is 39.0 Å². The molecule has 1 heterocycles. The van der Waals surface area contributed by atoms with Gasteiger partial charge in [-0.3, -0.25) is 4.79 Å². The third-order valence-electron chi connectivity index (χ3n) is 4.01. The number of aliphatic carboxylic acids is 1. The molecule has 5 nitrogen and oxygen atoms in total. The number of rotatable bonds is 4. The van der Waals surface area contributed by atoms with Crippen LogP contribution < -0.4 is 10.6 Å². The van der Waals surface area contributed by atoms with Crippen LogP contribution >= 0.6 is 0 Å². The second-order valence-corrected chi connectivity index (χ2v) is 5.14. The Morgan fingerprint density at radius 2 is 2.12 bits per heavy atom. The average Bonchev–Trinajstić information content (AvgIpc) is 2.64. The van der Waals surface area contributed by atoms with Crippen molar-refractivity contribution in [2.45, 2.75) is 51.1 Å². The molecular formula is C12H20N2O3. The Morgan fingerprint density at radius 3 is 2.76 bits per heavy atom. The first-order valence-electron chi connectivity index (χ1n) is 6.41. The summed E-state index contributed by atoms with van der Waals surface area (Å²) in [6.45, 7) is 2.01. The van der Waals surface area contributed by atoms with E-state index in [9.17, 15) is 14.7 Å². The summed E-state index contributed by atoms with van der Waals surface area (Å²) in [6.07, 6.45) is 4.22. The minimum Gasteiger partial charge on any atom is -0.481 e. The fourth-order valence-corrected chi connectivity index (χ4v) is 3.15. The van der Waals surface area contributed by atoms with Crippen LogP contribution in [0, 0.1) is 11.8 Å². The van der Waals surface area contributed by atoms with Crippen molar-refractivity contribution in [1.82, 2.24) is 10.6 Å². The lowest BCUT2D eigenvalue weighted by molar-refractivity contribution is -0.144. The number of carboxylic acid groups (broad SMARTS) is 1. The summed E-state index contributed by atoms with van der Waals surface area (Å²) in [6, 6.07) is 0.220. The highest BCUT2D eigenvalue weighted by molar-refractivity contribution is 5.77. The molecule has 5 heteroatoms. The van der Waals surface area contributed by atoms with Crippen LogP contribution in [0.2, 0.25) is 0 Å². The molecule has 4 unspecified atom stereocenters. The number of fused-ring (bicyclic) bond motifs is 1. The molecular weight excluding hydrogens is 220 g/mol. The molecule has 4 atom stereocenters. The average molecular weight is 240 g/mol. The van der Waals surface area contributed by atoms with Gasteiger partial charge in [-0.25, -0.2) is 4.79 Å². The van der Waals surface area contributed by atoms with E-state index in [0.717, 1.165) is 32.1 Å². The van der Waals surface area contributed by atoms with Gasteiger partial charge in [-0.05, 0) is 31.6 Å². The second kappa shape index (κ2) is 4.94. The molecule has 1 aliphatic heterocycles. The SMILES string of the molecule is CCCC(C(=O)O)C1CCC2NC(=O)NC2C1. The summed E-state index contributed by atoms with van der Waals surface area (Å²) in [5.74, 6) is -0.736. The predicted octanol–water partition coefficient (Wildman–Crippen LogP) is 1.34. The van der Waals surface area contributed by atoms with Gasteiger partial charge < -0.3 is 15.7 Å². The molecule has 1 saturated carbocycles. The Hall–Kier alpha value is -1.26. The molecule has 3 N–H and O–H groups in total. The lowest BCUT2D eigenvalue weighted by Gasteiger charge is -2.33. The number of carboxylic acids is 1. The van der Waals surface area contributed by atoms with Crippen molar-refractivity contribution in [2.24, 2.45) is 11.8 Å². The highest BCUT2D eigenvalue weighted by Gasteiger charge is 2.40. The van der Waals surface area contributed by atoms with Gasteiger partial charge in [0.1, 0.15) is 0 Å². The monoisotopic (exact) mass is 240 g/mol. The topological polar surface area (TPSA) is 78.4 Å². The summed E-state index contributed by atoms with van der Waals surface area (Å²) < 4.78 is 0. The van der Waals surface area contributed by atoms with Gasteiger partial charge in [-0.15, -0.1) is 0 Å². The van der Waals surface area contributed by atoms with Gasteiger partial charge in [-0.1, -0.05) is 13.3 Å². The molecule has 1 saturated heterocycles. The smallest absolute Gasteiger partial charge is 0.315 e. The number of amides is 2. The van der Waals surface area contributed by atoms with E-state index in [1.54, 1.807) is 0 Å². The molecule has 2 aliphatic rings. The molecule has 96 valence electrons. The fourth-order valence-electron chi connectivity index (χ4n) is 3.15. The maximum absolute atomic E-state index is 11.2. The largest absolute Gasteiger partial charge is 0.481 e. The van der Waals surface area contributed by atoms with Gasteiger partial charge >= 0.3 is 12.0 Å². The summed E-state index contributed by atoms with van der Waals surface area (Å²) in [7, 11) is 0. The Labute approximate surface area is 101 Å². The Kier molecular flexibility index (Phi) is 3.54. The molecule has 2 fully saturated rings. The van der Waals surface area contributed by atoms with Crippen LogP contribution in [0.25, 0.3) is 0 Å². The summed E-state index contributed by atoms with van der Waals surface area (Å²) in [4.78, 5) is 22.4. The quantitative estimate of drug-likeness (QED) is 0.693. The number of urea groups is 1. The van der Waals surface area contributed by atoms with E-state index in [1.165, 1.54) is 0 Å². The Morgan fingerprint density at radius 1 is 1.41 bits per heavy atom. The zero-order chi connectivity index (χ0) is 12.4. The predicted molar refractivity (Wildman–Crippen MR) is 62.6 cm³/mol. The molecule has 2 amide bonds. The molecule has 17 heavy (non-hydrogen) atoms. The van der Waals surface area contributed by atoms with Crippen molar-refractivity contribution >= 4 is 12.0 Å². The van der Waals surface area contributed by atoms with Gasteiger partial charge in [0.2, 0.25) is 0 Å². The summed E-state index contributed by atoms with van der Waals surface area (Å²) in [5, 5.41) is 15.0. The van der Waals surface area contributed by atoms with E-state index in [-0.39, 0.29) is 30.0 Å². The first kappa shape index (κ1) is 12.2. The van der Waals surface area contributed by atoms with Crippen molar-refractivity contribution in [1.29, 1.82) is 0 Å². The van der Waals surface area contributed by atoms with Crippen molar-refractivity contribution in [3.8, 4) is 0 Å². The molecule has 2 rings (SSSR count). The minimum absolute atomic E-state index is 0.108. The Bertz CT molecular complexity index is 319. The number of nitrogens with one attached hydrogen (secondary N) is 2. The van der Waals surface area contributed by atoms with Crippen LogP contribution in [-0.4, -0.2) is 29.2 Å². The minimum atomic E-state index is -0.687. The van der Waals surface area contributed by atoms with Crippen molar-refractivity contribution < 1.29 is 14.7 Å². The number of carbonyl (C=O) groups is 2. The van der Waals surface area contributed by atoms with E-state index >= 15 is 0 Å². The molecule has 1 aliphatic carbocycles. The standard InChI is InChI=1S/C12H20N2O3/c1-2-3-8(11(15)16)7-4-5-9-10(6-7)14-12(17)13-9/h7-10H,2-6H2,1H3,(H,15,16)(H2,13,14,17). The molecule has 0 bridgehead atoms. The van der Waals surface area contributed by atoms with Crippen LogP contribution in [-0.2, 0) is 4.79 Å². The van der Waals surface area contributed by atoms with Crippen molar-refractivity contribution in [2.75, 3.05) is 0 Å². The van der Waals surface area contributed by atoms with Gasteiger partial charge in [-0.2, -0.15) is 0 Å². The maximum atomic E-state index is 11.2. The van der Waals surface area contributed by atoms with Gasteiger partial charge in [0, 0.05) is 0 Å². The van der Waals surface area contributed by atoms with Gasteiger partial charge in [0.05, 0.1) is 18.0 Å². The number of hydrogen-bond acceptors (Lipinski definition) is 2.